The van der Waals surface area contributed by atoms with E-state index >= 15 is 0 Å². The fraction of sp³-hybridized carbons (Fsp3) is 0.333. The maximum absolute atomic E-state index is 12.2. The molecular weight excluding hydrogens is 380 g/mol. The number of hydrogen-bond acceptors (Lipinski definition) is 4. The molecule has 0 aromatic heterocycles. The molecule has 2 N–H and O–H groups in total. The molecule has 0 bridgehead atoms. The number of carbonyl (C=O) groups is 2. The summed E-state index contributed by atoms with van der Waals surface area (Å²) in [4.78, 5) is 24.1. The largest absolute Gasteiger partial charge is 0.484 e. The summed E-state index contributed by atoms with van der Waals surface area (Å²) in [5.41, 5.74) is 8.26. The van der Waals surface area contributed by atoms with Crippen LogP contribution in [-0.2, 0) is 9.59 Å². The lowest BCUT2D eigenvalue weighted by molar-refractivity contribution is -0.133. The van der Waals surface area contributed by atoms with E-state index in [-0.39, 0.29) is 6.61 Å². The van der Waals surface area contributed by atoms with Gasteiger partial charge in [0.2, 0.25) is 0 Å². The summed E-state index contributed by atoms with van der Waals surface area (Å²) in [6, 6.07) is 9.24. The van der Waals surface area contributed by atoms with Crippen molar-refractivity contribution in [3.05, 3.63) is 57.6 Å². The van der Waals surface area contributed by atoms with E-state index in [1.807, 2.05) is 45.9 Å². The zero-order valence-corrected chi connectivity index (χ0v) is 17.4. The predicted molar refractivity (Wildman–Crippen MR) is 109 cm³/mol. The average Bonchev–Trinajstić information content (AvgIpc) is 2.65. The van der Waals surface area contributed by atoms with Crippen molar-refractivity contribution in [1.82, 2.24) is 10.9 Å². The van der Waals surface area contributed by atoms with E-state index in [1.54, 1.807) is 19.1 Å². The SMILES string of the molecule is Cc1cc(OCC(=O)NNC(=O)C(C)Oc2c(C)cccc2C)cc(C)c1Cl. The molecule has 0 fully saturated rings. The highest BCUT2D eigenvalue weighted by Gasteiger charge is 2.17. The minimum absolute atomic E-state index is 0.243. The lowest BCUT2D eigenvalue weighted by atomic mass is 10.1. The van der Waals surface area contributed by atoms with E-state index in [2.05, 4.69) is 10.9 Å². The van der Waals surface area contributed by atoms with Crippen LogP contribution in [0.15, 0.2) is 30.3 Å². The third-order valence-electron chi connectivity index (χ3n) is 4.18. The first-order valence-corrected chi connectivity index (χ1v) is 9.28. The third kappa shape index (κ3) is 5.63. The van der Waals surface area contributed by atoms with Gasteiger partial charge in [-0.15, -0.1) is 0 Å². The number of carbonyl (C=O) groups excluding carboxylic acids is 2. The molecule has 0 heterocycles. The van der Waals surface area contributed by atoms with Crippen molar-refractivity contribution in [1.29, 1.82) is 0 Å². The van der Waals surface area contributed by atoms with Crippen molar-refractivity contribution in [3.8, 4) is 11.5 Å². The molecule has 0 aliphatic heterocycles. The Kier molecular flexibility index (Phi) is 7.29. The Morgan fingerprint density at radius 1 is 1.00 bits per heavy atom. The number of hydrazine groups is 1. The monoisotopic (exact) mass is 404 g/mol. The highest BCUT2D eigenvalue weighted by molar-refractivity contribution is 6.32. The van der Waals surface area contributed by atoms with Crippen LogP contribution in [0.5, 0.6) is 11.5 Å². The molecule has 2 aromatic rings. The number of ether oxygens (including phenoxy) is 2. The van der Waals surface area contributed by atoms with Crippen LogP contribution in [-0.4, -0.2) is 24.5 Å². The van der Waals surface area contributed by atoms with Gasteiger partial charge in [0.05, 0.1) is 0 Å². The van der Waals surface area contributed by atoms with Crippen LogP contribution >= 0.6 is 11.6 Å². The van der Waals surface area contributed by atoms with Gasteiger partial charge in [0.25, 0.3) is 11.8 Å². The molecule has 7 heteroatoms. The number of aryl methyl sites for hydroxylation is 4. The predicted octanol–water partition coefficient (Wildman–Crippen LogP) is 3.57. The van der Waals surface area contributed by atoms with Crippen LogP contribution in [0.25, 0.3) is 0 Å². The molecule has 1 unspecified atom stereocenters. The topological polar surface area (TPSA) is 76.7 Å². The molecule has 0 aliphatic carbocycles. The quantitative estimate of drug-likeness (QED) is 0.721. The number of benzene rings is 2. The van der Waals surface area contributed by atoms with Gasteiger partial charge < -0.3 is 9.47 Å². The molecule has 150 valence electrons. The van der Waals surface area contributed by atoms with Crippen LogP contribution in [0.4, 0.5) is 0 Å². The van der Waals surface area contributed by atoms with Gasteiger partial charge in [0.1, 0.15) is 11.5 Å². The van der Waals surface area contributed by atoms with Crippen molar-refractivity contribution in [2.24, 2.45) is 0 Å². The average molecular weight is 405 g/mol. The van der Waals surface area contributed by atoms with E-state index in [9.17, 15) is 9.59 Å². The maximum atomic E-state index is 12.2. The smallest absolute Gasteiger partial charge is 0.279 e. The minimum atomic E-state index is -0.775. The number of para-hydroxylation sites is 1. The standard InChI is InChI=1S/C21H25ClN2O4/c1-12-7-6-8-13(2)20(12)28-16(5)21(26)24-23-18(25)11-27-17-9-14(3)19(22)15(4)10-17/h6-10,16H,11H2,1-5H3,(H,23,25)(H,24,26). The first-order valence-electron chi connectivity index (χ1n) is 8.90. The van der Waals surface area contributed by atoms with E-state index in [1.165, 1.54) is 0 Å². The summed E-state index contributed by atoms with van der Waals surface area (Å²) in [5, 5.41) is 0.668. The molecular formula is C21H25ClN2O4. The number of amides is 2. The van der Waals surface area contributed by atoms with Crippen LogP contribution < -0.4 is 20.3 Å². The summed E-state index contributed by atoms with van der Waals surface area (Å²) >= 11 is 6.11. The zero-order chi connectivity index (χ0) is 20.8. The van der Waals surface area contributed by atoms with Crippen molar-refractivity contribution in [3.63, 3.8) is 0 Å². The zero-order valence-electron chi connectivity index (χ0n) is 16.7. The number of nitrogens with one attached hydrogen (secondary N) is 2. The summed E-state index contributed by atoms with van der Waals surface area (Å²) in [6.45, 7) is 8.91. The molecule has 28 heavy (non-hydrogen) atoms. The second-order valence-corrected chi connectivity index (χ2v) is 7.06. The van der Waals surface area contributed by atoms with Gasteiger partial charge in [-0.3, -0.25) is 20.4 Å². The lowest BCUT2D eigenvalue weighted by Crippen LogP contribution is -2.48. The maximum Gasteiger partial charge on any atom is 0.279 e. The Labute approximate surface area is 170 Å². The first-order chi connectivity index (χ1) is 13.2. The van der Waals surface area contributed by atoms with Crippen molar-refractivity contribution < 1.29 is 19.1 Å². The summed E-state index contributed by atoms with van der Waals surface area (Å²) in [7, 11) is 0. The van der Waals surface area contributed by atoms with Crippen molar-refractivity contribution in [2.45, 2.75) is 40.7 Å². The van der Waals surface area contributed by atoms with E-state index in [4.69, 9.17) is 21.1 Å². The van der Waals surface area contributed by atoms with Gasteiger partial charge in [-0.2, -0.15) is 0 Å². The Bertz CT molecular complexity index is 839. The van der Waals surface area contributed by atoms with Gasteiger partial charge in [0.15, 0.2) is 12.7 Å². The van der Waals surface area contributed by atoms with E-state index in [0.29, 0.717) is 16.5 Å². The van der Waals surface area contributed by atoms with Crippen molar-refractivity contribution >= 4 is 23.4 Å². The van der Waals surface area contributed by atoms with Gasteiger partial charge in [-0.05, 0) is 69.0 Å². The van der Waals surface area contributed by atoms with Gasteiger partial charge in [0, 0.05) is 5.02 Å². The molecule has 1 atom stereocenters. The van der Waals surface area contributed by atoms with E-state index < -0.39 is 17.9 Å². The highest BCUT2D eigenvalue weighted by Crippen LogP contribution is 2.26. The Morgan fingerprint density at radius 3 is 2.14 bits per heavy atom. The third-order valence-corrected chi connectivity index (χ3v) is 4.77. The number of halogens is 1. The molecule has 0 radical (unpaired) electrons. The minimum Gasteiger partial charge on any atom is -0.484 e. The number of rotatable bonds is 6. The van der Waals surface area contributed by atoms with E-state index in [0.717, 1.165) is 22.3 Å². The molecule has 0 saturated carbocycles. The highest BCUT2D eigenvalue weighted by atomic mass is 35.5. The van der Waals surface area contributed by atoms with Crippen LogP contribution in [0, 0.1) is 27.7 Å². The molecule has 6 nitrogen and oxygen atoms in total. The normalized spacial score (nSPS) is 11.5. The summed E-state index contributed by atoms with van der Waals surface area (Å²) < 4.78 is 11.2. The lowest BCUT2D eigenvalue weighted by Gasteiger charge is -2.18. The summed E-state index contributed by atoms with van der Waals surface area (Å²) in [6.07, 6.45) is -0.775. The fourth-order valence-electron chi connectivity index (χ4n) is 2.62. The molecule has 0 aliphatic rings. The van der Waals surface area contributed by atoms with Crippen LogP contribution in [0.3, 0.4) is 0 Å². The molecule has 2 aromatic carbocycles. The summed E-state index contributed by atoms with van der Waals surface area (Å²) in [5.74, 6) is 0.243. The molecule has 0 spiro atoms. The molecule has 0 saturated heterocycles. The van der Waals surface area contributed by atoms with Gasteiger partial charge in [-0.1, -0.05) is 29.8 Å². The Balaban J connectivity index is 1.82. The van der Waals surface area contributed by atoms with Crippen LogP contribution in [0.2, 0.25) is 5.02 Å². The Hall–Kier alpha value is -2.73. The van der Waals surface area contributed by atoms with Gasteiger partial charge >= 0.3 is 0 Å². The number of hydrogen-bond donors (Lipinski definition) is 2. The van der Waals surface area contributed by atoms with Crippen molar-refractivity contribution in [2.75, 3.05) is 6.61 Å². The Morgan fingerprint density at radius 2 is 1.57 bits per heavy atom. The second kappa shape index (κ2) is 9.46. The fourth-order valence-corrected chi connectivity index (χ4v) is 2.73. The molecule has 2 rings (SSSR count). The van der Waals surface area contributed by atoms with Gasteiger partial charge in [-0.25, -0.2) is 0 Å². The van der Waals surface area contributed by atoms with Crippen LogP contribution in [0.1, 0.15) is 29.2 Å². The second-order valence-electron chi connectivity index (χ2n) is 6.68. The molecule has 2 amide bonds. The first kappa shape index (κ1) is 21.6.